The van der Waals surface area contributed by atoms with Crippen LogP contribution in [0.15, 0.2) is 127 Å². The molecule has 6 aromatic rings. The molecule has 8 aliphatic rings. The molecular formula is C54H49N. The zero-order chi connectivity index (χ0) is 36.3. The molecule has 0 amide bonds. The van der Waals surface area contributed by atoms with Crippen LogP contribution in [0.4, 0.5) is 17.1 Å². The summed E-state index contributed by atoms with van der Waals surface area (Å²) in [6.07, 6.45) is 12.2. The standard InChI is InChI=1S/C54H49N/c1-52(2)44-15-6-3-12-39(44)41-22-20-38(32-49(41)52)55(37-21-23-46-43(31-37)40-13-4-7-16-45(40)53(46)24-9-10-25-53)50-19-11-18-48-51(50)42-14-5-8-17-47(42)54(48)35-27-33-26-34(29-35)30-36(54)28-33/h3-8,11-23,31-36H,9-10,24-30H2,1-2H3. The Morgan fingerprint density at radius 1 is 0.455 bits per heavy atom. The second-order valence-corrected chi connectivity index (χ2v) is 19.2. The molecule has 55 heavy (non-hydrogen) atoms. The lowest BCUT2D eigenvalue weighted by Crippen LogP contribution is -2.55. The van der Waals surface area contributed by atoms with Crippen LogP contribution in [0.1, 0.15) is 105 Å². The minimum atomic E-state index is -0.0744. The van der Waals surface area contributed by atoms with Gasteiger partial charge in [-0.3, -0.25) is 0 Å². The Morgan fingerprint density at radius 3 is 1.76 bits per heavy atom. The largest absolute Gasteiger partial charge is 0.310 e. The van der Waals surface area contributed by atoms with Gasteiger partial charge in [0.25, 0.3) is 0 Å². The smallest absolute Gasteiger partial charge is 0.0543 e. The molecule has 1 nitrogen and oxygen atoms in total. The van der Waals surface area contributed by atoms with Crippen molar-refractivity contribution in [1.82, 2.24) is 0 Å². The molecule has 2 spiro atoms. The van der Waals surface area contributed by atoms with E-state index in [2.05, 4.69) is 146 Å². The van der Waals surface area contributed by atoms with Crippen molar-refractivity contribution in [3.05, 3.63) is 161 Å². The lowest BCUT2D eigenvalue weighted by atomic mass is 9.43. The van der Waals surface area contributed by atoms with Crippen molar-refractivity contribution in [3.8, 4) is 33.4 Å². The van der Waals surface area contributed by atoms with E-state index in [1.165, 1.54) is 119 Å². The first kappa shape index (κ1) is 31.3. The average molecular weight is 712 g/mol. The molecule has 0 heterocycles. The summed E-state index contributed by atoms with van der Waals surface area (Å²) < 4.78 is 0. The van der Waals surface area contributed by atoms with Gasteiger partial charge in [-0.2, -0.15) is 0 Å². The minimum Gasteiger partial charge on any atom is -0.310 e. The normalized spacial score (nSPS) is 27.2. The molecular weight excluding hydrogens is 663 g/mol. The summed E-state index contributed by atoms with van der Waals surface area (Å²) in [4.78, 5) is 2.67. The first-order valence-electron chi connectivity index (χ1n) is 21.5. The number of anilines is 3. The van der Waals surface area contributed by atoms with Crippen LogP contribution in [-0.4, -0.2) is 0 Å². The van der Waals surface area contributed by atoms with Crippen molar-refractivity contribution in [2.24, 2.45) is 23.7 Å². The van der Waals surface area contributed by atoms with Gasteiger partial charge in [-0.25, -0.2) is 0 Å². The van der Waals surface area contributed by atoms with E-state index in [1.54, 1.807) is 22.3 Å². The summed E-state index contributed by atoms with van der Waals surface area (Å²) in [5.41, 5.74) is 21.9. The van der Waals surface area contributed by atoms with Crippen molar-refractivity contribution in [1.29, 1.82) is 0 Å². The number of fused-ring (bicyclic) bond motifs is 11. The van der Waals surface area contributed by atoms with Crippen molar-refractivity contribution in [2.75, 3.05) is 4.90 Å². The molecule has 0 atom stereocenters. The SMILES string of the molecule is CC1(C)c2ccccc2-c2ccc(N(c3ccc4c(c3)-c3ccccc3C43CCCC3)c3cccc4c3-c3ccccc3C43C4CC5CC(C4)CC3C5)cc21. The lowest BCUT2D eigenvalue weighted by molar-refractivity contribution is -0.0399. The van der Waals surface area contributed by atoms with Crippen LogP contribution < -0.4 is 4.90 Å². The second-order valence-electron chi connectivity index (χ2n) is 19.2. The Bertz CT molecular complexity index is 2590. The fourth-order valence-corrected chi connectivity index (χ4v) is 14.7. The maximum Gasteiger partial charge on any atom is 0.0543 e. The van der Waals surface area contributed by atoms with E-state index in [9.17, 15) is 0 Å². The van der Waals surface area contributed by atoms with E-state index < -0.39 is 0 Å². The molecule has 4 bridgehead atoms. The molecule has 5 saturated carbocycles. The topological polar surface area (TPSA) is 3.24 Å². The molecule has 5 fully saturated rings. The summed E-state index contributed by atoms with van der Waals surface area (Å²) in [6, 6.07) is 50.5. The van der Waals surface area contributed by atoms with Crippen molar-refractivity contribution in [2.45, 2.75) is 87.9 Å². The molecule has 6 aromatic carbocycles. The summed E-state index contributed by atoms with van der Waals surface area (Å²) in [5, 5.41) is 0. The van der Waals surface area contributed by atoms with Crippen molar-refractivity contribution >= 4 is 17.1 Å². The van der Waals surface area contributed by atoms with E-state index in [0.29, 0.717) is 0 Å². The lowest BCUT2D eigenvalue weighted by Gasteiger charge is -2.61. The fourth-order valence-electron chi connectivity index (χ4n) is 14.7. The van der Waals surface area contributed by atoms with E-state index in [-0.39, 0.29) is 16.2 Å². The first-order chi connectivity index (χ1) is 27.0. The number of benzene rings is 6. The Kier molecular flexibility index (Phi) is 6.09. The number of hydrogen-bond donors (Lipinski definition) is 0. The molecule has 0 unspecified atom stereocenters. The first-order valence-corrected chi connectivity index (χ1v) is 21.5. The van der Waals surface area contributed by atoms with E-state index in [1.807, 2.05) is 0 Å². The van der Waals surface area contributed by atoms with Crippen LogP contribution in [-0.2, 0) is 16.2 Å². The van der Waals surface area contributed by atoms with Gasteiger partial charge in [0.15, 0.2) is 0 Å². The van der Waals surface area contributed by atoms with Gasteiger partial charge in [-0.15, -0.1) is 0 Å². The molecule has 0 N–H and O–H groups in total. The third kappa shape index (κ3) is 3.81. The van der Waals surface area contributed by atoms with E-state index >= 15 is 0 Å². The fraction of sp³-hybridized carbons (Fsp3) is 0.333. The summed E-state index contributed by atoms with van der Waals surface area (Å²) in [5.74, 6) is 3.35. The zero-order valence-electron chi connectivity index (χ0n) is 32.2. The molecule has 8 aliphatic carbocycles. The van der Waals surface area contributed by atoms with Crippen LogP contribution in [0.3, 0.4) is 0 Å². The van der Waals surface area contributed by atoms with Gasteiger partial charge >= 0.3 is 0 Å². The molecule has 270 valence electrons. The van der Waals surface area contributed by atoms with Crippen molar-refractivity contribution in [3.63, 3.8) is 0 Å². The third-order valence-electron chi connectivity index (χ3n) is 16.6. The number of rotatable bonds is 3. The Balaban J connectivity index is 1.07. The highest BCUT2D eigenvalue weighted by Gasteiger charge is 2.62. The highest BCUT2D eigenvalue weighted by molar-refractivity contribution is 5.97. The molecule has 0 aromatic heterocycles. The average Bonchev–Trinajstić information content (AvgIpc) is 3.95. The predicted molar refractivity (Wildman–Crippen MR) is 227 cm³/mol. The summed E-state index contributed by atoms with van der Waals surface area (Å²) >= 11 is 0. The summed E-state index contributed by atoms with van der Waals surface area (Å²) in [6.45, 7) is 4.84. The number of hydrogen-bond acceptors (Lipinski definition) is 1. The van der Waals surface area contributed by atoms with Gasteiger partial charge in [-0.1, -0.05) is 124 Å². The van der Waals surface area contributed by atoms with Gasteiger partial charge in [0.05, 0.1) is 5.69 Å². The molecule has 0 aliphatic heterocycles. The third-order valence-corrected chi connectivity index (χ3v) is 16.6. The predicted octanol–water partition coefficient (Wildman–Crippen LogP) is 14.0. The van der Waals surface area contributed by atoms with Crippen LogP contribution in [0.5, 0.6) is 0 Å². The molecule has 0 radical (unpaired) electrons. The van der Waals surface area contributed by atoms with Gasteiger partial charge in [-0.05, 0) is 160 Å². The monoisotopic (exact) mass is 711 g/mol. The molecule has 0 saturated heterocycles. The van der Waals surface area contributed by atoms with Crippen LogP contribution in [0.25, 0.3) is 33.4 Å². The molecule has 14 rings (SSSR count). The Hall–Kier alpha value is -4.88. The molecule has 1 heteroatoms. The quantitative estimate of drug-likeness (QED) is 0.177. The number of nitrogens with zero attached hydrogens (tertiary/aromatic N) is 1. The van der Waals surface area contributed by atoms with E-state index in [4.69, 9.17) is 0 Å². The Labute approximate surface area is 326 Å². The summed E-state index contributed by atoms with van der Waals surface area (Å²) in [7, 11) is 0. The van der Waals surface area contributed by atoms with Crippen molar-refractivity contribution < 1.29 is 0 Å². The van der Waals surface area contributed by atoms with Gasteiger partial charge < -0.3 is 4.90 Å². The Morgan fingerprint density at radius 2 is 1.02 bits per heavy atom. The van der Waals surface area contributed by atoms with Gasteiger partial charge in [0, 0.05) is 33.2 Å². The van der Waals surface area contributed by atoms with Crippen LogP contribution in [0, 0.1) is 23.7 Å². The highest BCUT2D eigenvalue weighted by atomic mass is 15.1. The minimum absolute atomic E-state index is 0.0744. The maximum absolute atomic E-state index is 2.67. The maximum atomic E-state index is 2.67. The van der Waals surface area contributed by atoms with Gasteiger partial charge in [0.2, 0.25) is 0 Å². The zero-order valence-corrected chi connectivity index (χ0v) is 32.2. The van der Waals surface area contributed by atoms with Crippen LogP contribution >= 0.6 is 0 Å². The van der Waals surface area contributed by atoms with Gasteiger partial charge in [0.1, 0.15) is 0 Å². The highest BCUT2D eigenvalue weighted by Crippen LogP contribution is 2.70. The van der Waals surface area contributed by atoms with Crippen LogP contribution in [0.2, 0.25) is 0 Å². The van der Waals surface area contributed by atoms with E-state index in [0.717, 1.165) is 23.7 Å². The second kappa shape index (κ2) is 10.7.